The molecule has 2 aromatic rings. The van der Waals surface area contributed by atoms with Crippen LogP contribution < -0.4 is 20.4 Å². The van der Waals surface area contributed by atoms with Gasteiger partial charge >= 0.3 is 0 Å². The fourth-order valence-electron chi connectivity index (χ4n) is 1.88. The first-order chi connectivity index (χ1) is 9.96. The van der Waals surface area contributed by atoms with Crippen molar-refractivity contribution in [3.8, 4) is 11.5 Å². The Bertz CT molecular complexity index is 653. The van der Waals surface area contributed by atoms with Crippen LogP contribution in [0.1, 0.15) is 0 Å². The maximum Gasteiger partial charge on any atom is 0.204 e. The minimum Gasteiger partial charge on any atom is -0.497 e. The van der Waals surface area contributed by atoms with Crippen LogP contribution in [0.2, 0.25) is 0 Å². The molecular weight excluding hydrogens is 287 g/mol. The summed E-state index contributed by atoms with van der Waals surface area (Å²) in [5, 5.41) is 0. The van der Waals surface area contributed by atoms with E-state index in [9.17, 15) is 17.6 Å². The van der Waals surface area contributed by atoms with E-state index in [0.29, 0.717) is 6.07 Å². The van der Waals surface area contributed by atoms with Gasteiger partial charge in [-0.15, -0.1) is 0 Å². The summed E-state index contributed by atoms with van der Waals surface area (Å²) in [6, 6.07) is 3.48. The van der Waals surface area contributed by atoms with Gasteiger partial charge in [-0.25, -0.2) is 17.6 Å². The summed E-state index contributed by atoms with van der Waals surface area (Å²) >= 11 is 0. The predicted molar refractivity (Wildman–Crippen MR) is 70.8 cm³/mol. The van der Waals surface area contributed by atoms with Crippen LogP contribution in [-0.2, 0) is 0 Å². The summed E-state index contributed by atoms with van der Waals surface area (Å²) in [6.07, 6.45) is 0. The quantitative estimate of drug-likeness (QED) is 0.634. The highest BCUT2D eigenvalue weighted by atomic mass is 19.1. The molecule has 7 heteroatoms. The molecule has 0 fully saturated rings. The number of hydrogen-bond donors (Lipinski definition) is 0. The zero-order valence-electron chi connectivity index (χ0n) is 11.2. The van der Waals surface area contributed by atoms with Gasteiger partial charge in [-0.3, -0.25) is 0 Å². The third-order valence-corrected chi connectivity index (χ3v) is 2.83. The highest BCUT2D eigenvalue weighted by molar-refractivity contribution is 6.68. The van der Waals surface area contributed by atoms with Crippen LogP contribution in [0.5, 0.6) is 11.5 Å². The number of ether oxygens (including phenoxy) is 2. The molecule has 2 aromatic carbocycles. The first-order valence-electron chi connectivity index (χ1n) is 5.87. The second-order valence-electron chi connectivity index (χ2n) is 4.16. The number of rotatable bonds is 4. The first kappa shape index (κ1) is 15.2. The zero-order chi connectivity index (χ0) is 15.6. The molecular formula is C14H10BF4O2. The van der Waals surface area contributed by atoms with E-state index >= 15 is 0 Å². The zero-order valence-corrected chi connectivity index (χ0v) is 11.2. The molecule has 0 saturated carbocycles. The second kappa shape index (κ2) is 6.07. The Morgan fingerprint density at radius 3 is 1.95 bits per heavy atom. The number of benzene rings is 2. The van der Waals surface area contributed by atoms with Crippen LogP contribution in [0, 0.1) is 23.3 Å². The average Bonchev–Trinajstić information content (AvgIpc) is 2.42. The van der Waals surface area contributed by atoms with E-state index in [4.69, 9.17) is 9.47 Å². The molecule has 0 N–H and O–H groups in total. The van der Waals surface area contributed by atoms with E-state index in [0.717, 1.165) is 25.5 Å². The standard InChI is InChI=1S/C14H10BF4O2/c1-20-8-5-10(17)13(11(18)6-8)15-9-3-7(16)4-12(19)14(9)21-2/h3-6H,1-2H3. The highest BCUT2D eigenvalue weighted by Crippen LogP contribution is 2.16. The molecule has 0 bridgehead atoms. The van der Waals surface area contributed by atoms with Gasteiger partial charge < -0.3 is 9.47 Å². The smallest absolute Gasteiger partial charge is 0.204 e. The molecule has 0 amide bonds. The van der Waals surface area contributed by atoms with Crippen molar-refractivity contribution in [2.24, 2.45) is 0 Å². The van der Waals surface area contributed by atoms with Crippen molar-refractivity contribution in [2.45, 2.75) is 0 Å². The first-order valence-corrected chi connectivity index (χ1v) is 5.87. The van der Waals surface area contributed by atoms with E-state index < -0.39 is 28.7 Å². The lowest BCUT2D eigenvalue weighted by Gasteiger charge is -2.11. The summed E-state index contributed by atoms with van der Waals surface area (Å²) in [7, 11) is 3.41. The Labute approximate surface area is 119 Å². The van der Waals surface area contributed by atoms with Crippen LogP contribution >= 0.6 is 0 Å². The Kier molecular flexibility index (Phi) is 4.40. The SMILES string of the molecule is COc1cc(F)c([B]c2cc(F)cc(F)c2OC)c(F)c1. The van der Waals surface area contributed by atoms with Crippen molar-refractivity contribution < 1.29 is 27.0 Å². The van der Waals surface area contributed by atoms with Gasteiger partial charge in [-0.1, -0.05) is 0 Å². The molecule has 109 valence electrons. The van der Waals surface area contributed by atoms with E-state index in [1.165, 1.54) is 14.2 Å². The Hall–Kier alpha value is -2.18. The van der Waals surface area contributed by atoms with Crippen LogP contribution in [0.15, 0.2) is 24.3 Å². The van der Waals surface area contributed by atoms with Crippen molar-refractivity contribution in [2.75, 3.05) is 14.2 Å². The third kappa shape index (κ3) is 3.12. The van der Waals surface area contributed by atoms with Gasteiger partial charge in [0.2, 0.25) is 7.28 Å². The van der Waals surface area contributed by atoms with E-state index in [-0.39, 0.29) is 17.0 Å². The van der Waals surface area contributed by atoms with Crippen LogP contribution in [0.4, 0.5) is 17.6 Å². The Balaban J connectivity index is 2.48. The predicted octanol–water partition coefficient (Wildman–Crippen LogP) is 1.92. The molecule has 0 aliphatic heterocycles. The number of methoxy groups -OCH3 is 2. The molecule has 0 heterocycles. The normalized spacial score (nSPS) is 10.4. The summed E-state index contributed by atoms with van der Waals surface area (Å²) in [4.78, 5) is 0. The van der Waals surface area contributed by atoms with Crippen LogP contribution in [0.25, 0.3) is 0 Å². The molecule has 0 unspecified atom stereocenters. The van der Waals surface area contributed by atoms with Gasteiger partial charge in [0.15, 0.2) is 5.82 Å². The van der Waals surface area contributed by atoms with Gasteiger partial charge in [0.1, 0.15) is 29.0 Å². The van der Waals surface area contributed by atoms with Crippen molar-refractivity contribution in [3.05, 3.63) is 47.5 Å². The molecule has 0 aliphatic carbocycles. The maximum absolute atomic E-state index is 13.8. The minimum atomic E-state index is -0.960. The monoisotopic (exact) mass is 297 g/mol. The largest absolute Gasteiger partial charge is 0.497 e. The highest BCUT2D eigenvalue weighted by Gasteiger charge is 2.19. The van der Waals surface area contributed by atoms with Gasteiger partial charge in [-0.2, -0.15) is 0 Å². The van der Waals surface area contributed by atoms with Crippen LogP contribution in [-0.4, -0.2) is 21.5 Å². The fraction of sp³-hybridized carbons (Fsp3) is 0.143. The summed E-state index contributed by atoms with van der Waals surface area (Å²) < 4.78 is 64.0. The number of hydrogen-bond acceptors (Lipinski definition) is 2. The van der Waals surface area contributed by atoms with Crippen molar-refractivity contribution in [1.82, 2.24) is 0 Å². The minimum absolute atomic E-state index is 0.000428. The summed E-state index contributed by atoms with van der Waals surface area (Å²) in [6.45, 7) is 0. The van der Waals surface area contributed by atoms with E-state index in [1.54, 1.807) is 0 Å². The molecule has 0 aliphatic rings. The van der Waals surface area contributed by atoms with Gasteiger partial charge in [-0.05, 0) is 17.0 Å². The molecule has 0 spiro atoms. The van der Waals surface area contributed by atoms with Gasteiger partial charge in [0, 0.05) is 18.2 Å². The van der Waals surface area contributed by atoms with E-state index in [1.807, 2.05) is 0 Å². The topological polar surface area (TPSA) is 18.5 Å². The van der Waals surface area contributed by atoms with Crippen molar-refractivity contribution in [3.63, 3.8) is 0 Å². The molecule has 0 atom stereocenters. The van der Waals surface area contributed by atoms with Gasteiger partial charge in [0.25, 0.3) is 0 Å². The van der Waals surface area contributed by atoms with E-state index in [2.05, 4.69) is 0 Å². The second-order valence-corrected chi connectivity index (χ2v) is 4.16. The molecule has 1 radical (unpaired) electrons. The molecule has 2 rings (SSSR count). The lowest BCUT2D eigenvalue weighted by atomic mass is 9.63. The third-order valence-electron chi connectivity index (χ3n) is 2.83. The van der Waals surface area contributed by atoms with Crippen molar-refractivity contribution in [1.29, 1.82) is 0 Å². The van der Waals surface area contributed by atoms with Crippen LogP contribution in [0.3, 0.4) is 0 Å². The Morgan fingerprint density at radius 1 is 0.810 bits per heavy atom. The summed E-state index contributed by atoms with van der Waals surface area (Å²) in [5.41, 5.74) is -0.558. The van der Waals surface area contributed by atoms with Gasteiger partial charge in [0.05, 0.1) is 14.2 Å². The lowest BCUT2D eigenvalue weighted by molar-refractivity contribution is 0.388. The molecule has 0 saturated heterocycles. The van der Waals surface area contributed by atoms with Crippen molar-refractivity contribution >= 4 is 18.2 Å². The Morgan fingerprint density at radius 2 is 1.43 bits per heavy atom. The maximum atomic E-state index is 13.8. The lowest BCUT2D eigenvalue weighted by Crippen LogP contribution is -2.34. The average molecular weight is 297 g/mol. The summed E-state index contributed by atoms with van der Waals surface area (Å²) in [5.74, 6) is -3.98. The number of halogens is 4. The molecule has 21 heavy (non-hydrogen) atoms. The molecule has 2 nitrogen and oxygen atoms in total. The molecule has 0 aromatic heterocycles. The fourth-order valence-corrected chi connectivity index (χ4v) is 1.88.